The molecule has 0 bridgehead atoms. The van der Waals surface area contributed by atoms with Crippen molar-refractivity contribution in [2.24, 2.45) is 17.3 Å². The number of allylic oxidation sites excluding steroid dienone is 1. The molecular weight excluding hydrogens is 690 g/mol. The summed E-state index contributed by atoms with van der Waals surface area (Å²) >= 11 is 0. The Morgan fingerprint density at radius 1 is 0.981 bits per heavy atom. The summed E-state index contributed by atoms with van der Waals surface area (Å²) in [5.41, 5.74) is 1.28. The van der Waals surface area contributed by atoms with Gasteiger partial charge in [-0.2, -0.15) is 13.2 Å². The van der Waals surface area contributed by atoms with Gasteiger partial charge in [0.05, 0.1) is 36.7 Å². The Morgan fingerprint density at radius 2 is 1.60 bits per heavy atom. The number of benzene rings is 1. The van der Waals surface area contributed by atoms with Crippen molar-refractivity contribution < 1.29 is 46.4 Å². The van der Waals surface area contributed by atoms with Gasteiger partial charge in [-0.05, 0) is 84.6 Å². The van der Waals surface area contributed by atoms with Crippen LogP contribution in [0.25, 0.3) is 0 Å². The van der Waals surface area contributed by atoms with Crippen LogP contribution in [0.1, 0.15) is 82.5 Å². The van der Waals surface area contributed by atoms with Gasteiger partial charge in [0.1, 0.15) is 18.9 Å². The van der Waals surface area contributed by atoms with Gasteiger partial charge in [0.25, 0.3) is 0 Å². The highest BCUT2D eigenvalue weighted by molar-refractivity contribution is 5.53. The molecule has 1 aromatic carbocycles. The van der Waals surface area contributed by atoms with Crippen molar-refractivity contribution in [1.29, 1.82) is 0 Å². The molecule has 286 valence electrons. The summed E-state index contributed by atoms with van der Waals surface area (Å²) in [6.45, 7) is 4.61. The summed E-state index contributed by atoms with van der Waals surface area (Å²) in [5.74, 6) is -2.61. The smallest absolute Gasteiger partial charge is 0.416 e. The van der Waals surface area contributed by atoms with Crippen LogP contribution in [0, 0.1) is 17.3 Å². The molecule has 0 radical (unpaired) electrons. The lowest BCUT2D eigenvalue weighted by molar-refractivity contribution is -0.137. The van der Waals surface area contributed by atoms with Crippen LogP contribution < -0.4 is 9.64 Å². The molecule has 8 nitrogen and oxygen atoms in total. The first kappa shape index (κ1) is 38.4. The zero-order valence-electron chi connectivity index (χ0n) is 29.7. The van der Waals surface area contributed by atoms with Crippen LogP contribution in [0.5, 0.6) is 5.75 Å². The predicted molar refractivity (Wildman–Crippen MR) is 182 cm³/mol. The summed E-state index contributed by atoms with van der Waals surface area (Å²) in [7, 11) is 1.89. The lowest BCUT2D eigenvalue weighted by atomic mass is 9.64. The van der Waals surface area contributed by atoms with Crippen molar-refractivity contribution >= 4 is 5.95 Å². The number of hydrogen-bond donors (Lipinski definition) is 3. The third-order valence-electron chi connectivity index (χ3n) is 11.3. The van der Waals surface area contributed by atoms with Gasteiger partial charge in [0, 0.05) is 44.2 Å². The van der Waals surface area contributed by atoms with Crippen LogP contribution in [0.3, 0.4) is 0 Å². The molecule has 6 rings (SSSR count). The van der Waals surface area contributed by atoms with E-state index in [1.807, 2.05) is 11.9 Å². The molecule has 14 heteroatoms. The van der Waals surface area contributed by atoms with Gasteiger partial charge >= 0.3 is 6.18 Å². The number of rotatable bonds is 9. The summed E-state index contributed by atoms with van der Waals surface area (Å²) < 4.78 is 92.4. The van der Waals surface area contributed by atoms with Gasteiger partial charge < -0.3 is 29.9 Å². The van der Waals surface area contributed by atoms with E-state index < -0.39 is 54.6 Å². The monoisotopic (exact) mass is 738 g/mol. The number of nitrogens with zero attached hydrogens (tertiary/aromatic N) is 4. The molecule has 4 aliphatic rings. The number of hydrogen-bond acceptors (Lipinski definition) is 8. The van der Waals surface area contributed by atoms with Crippen molar-refractivity contribution in [1.82, 2.24) is 14.9 Å². The average molecular weight is 739 g/mol. The molecule has 3 N–H and O–H groups in total. The molecule has 3 heterocycles. The Balaban J connectivity index is 1.37. The summed E-state index contributed by atoms with van der Waals surface area (Å²) in [4.78, 5) is 12.9. The lowest BCUT2D eigenvalue weighted by Gasteiger charge is -2.52. The molecule has 52 heavy (non-hydrogen) atoms. The van der Waals surface area contributed by atoms with E-state index in [-0.39, 0.29) is 49.2 Å². The topological polar surface area (TPSA) is 102 Å². The molecule has 2 aliphatic heterocycles. The number of alkyl halides is 6. The van der Waals surface area contributed by atoms with E-state index in [1.165, 1.54) is 12.4 Å². The number of halogens is 6. The van der Waals surface area contributed by atoms with E-state index in [1.54, 1.807) is 0 Å². The zero-order valence-corrected chi connectivity index (χ0v) is 29.7. The fourth-order valence-electron chi connectivity index (χ4n) is 8.65. The van der Waals surface area contributed by atoms with Gasteiger partial charge in [-0.25, -0.2) is 23.1 Å². The third kappa shape index (κ3) is 8.08. The van der Waals surface area contributed by atoms with E-state index in [9.17, 15) is 32.2 Å². The molecule has 2 aliphatic carbocycles. The minimum absolute atomic E-state index is 0.0503. The first-order valence-corrected chi connectivity index (χ1v) is 18.0. The van der Waals surface area contributed by atoms with Crippen LogP contribution in [-0.2, 0) is 6.18 Å². The van der Waals surface area contributed by atoms with Gasteiger partial charge in [-0.3, -0.25) is 0 Å². The average Bonchev–Trinajstić information content (AvgIpc) is 3.10. The zero-order chi connectivity index (χ0) is 37.6. The summed E-state index contributed by atoms with van der Waals surface area (Å²) in [5, 5.41) is 30.3. The predicted octanol–water partition coefficient (Wildman–Crippen LogP) is 7.03. The van der Waals surface area contributed by atoms with E-state index in [0.29, 0.717) is 67.2 Å². The van der Waals surface area contributed by atoms with E-state index in [4.69, 9.17) is 9.84 Å². The van der Waals surface area contributed by atoms with Gasteiger partial charge in [0.2, 0.25) is 11.9 Å². The highest BCUT2D eigenvalue weighted by Crippen LogP contribution is 2.55. The summed E-state index contributed by atoms with van der Waals surface area (Å²) in [6, 6.07) is 3.53. The lowest BCUT2D eigenvalue weighted by Crippen LogP contribution is -2.51. The van der Waals surface area contributed by atoms with E-state index >= 15 is 4.39 Å². The molecule has 4 atom stereocenters. The number of piperidine rings is 1. The SMILES string of the molecule is CN1C2=C(C(C3CCC(F)(F)CC3)=C(C(F)c3ccc(C(F)(F)F)cc3)C1C1CCN(c3ncc(OCC(O)CO)cn3)CC1)C(O)CC(C)(C)C2. The van der Waals surface area contributed by atoms with Crippen LogP contribution in [0.15, 0.2) is 59.1 Å². The molecule has 1 aromatic heterocycles. The quantitative estimate of drug-likeness (QED) is 0.236. The van der Waals surface area contributed by atoms with Crippen LogP contribution >= 0.6 is 0 Å². The molecule has 1 saturated heterocycles. The van der Waals surface area contributed by atoms with Crippen molar-refractivity contribution in [2.75, 3.05) is 38.3 Å². The molecule has 2 aromatic rings. The molecular formula is C38H48F6N4O4. The standard InChI is InChI=1S/C38H48F6N4O4/c1-36(2)16-28-31(29(51)17-36)30(22-8-12-37(40,41)13-9-22)32(33(39)23-4-6-25(7-5-23)38(42,43)44)34(47(28)3)24-10-14-48(15-11-24)35-45-18-27(19-46-35)52-21-26(50)20-49/h4-7,18-19,22,24,26,29,33-34,49-51H,8-17,20-21H2,1-3H3. The Bertz CT molecular complexity index is 1610. The van der Waals surface area contributed by atoms with E-state index in [2.05, 4.69) is 28.7 Å². The number of anilines is 1. The molecule has 4 unspecified atom stereocenters. The number of aliphatic hydroxyl groups excluding tert-OH is 3. The first-order chi connectivity index (χ1) is 24.5. The highest BCUT2D eigenvalue weighted by atomic mass is 19.4. The van der Waals surface area contributed by atoms with Crippen molar-refractivity contribution in [3.63, 3.8) is 0 Å². The number of aliphatic hydroxyl groups is 3. The third-order valence-corrected chi connectivity index (χ3v) is 11.3. The number of aromatic nitrogens is 2. The van der Waals surface area contributed by atoms with E-state index in [0.717, 1.165) is 30.0 Å². The van der Waals surface area contributed by atoms with Crippen molar-refractivity contribution in [2.45, 2.75) is 102 Å². The van der Waals surface area contributed by atoms with Crippen molar-refractivity contribution in [3.8, 4) is 5.75 Å². The highest BCUT2D eigenvalue weighted by Gasteiger charge is 2.49. The minimum Gasteiger partial charge on any atom is -0.488 e. The maximum Gasteiger partial charge on any atom is 0.416 e. The van der Waals surface area contributed by atoms with Crippen LogP contribution in [0.4, 0.5) is 32.3 Å². The second-order valence-corrected chi connectivity index (χ2v) is 15.6. The van der Waals surface area contributed by atoms with Gasteiger partial charge in [0.15, 0.2) is 5.75 Å². The first-order valence-electron chi connectivity index (χ1n) is 18.0. The van der Waals surface area contributed by atoms with Gasteiger partial charge in [-0.1, -0.05) is 26.0 Å². The van der Waals surface area contributed by atoms with Crippen LogP contribution in [-0.4, -0.2) is 87.7 Å². The Labute approximate surface area is 300 Å². The fraction of sp³-hybridized carbons (Fsp3) is 0.632. The minimum atomic E-state index is -4.60. The molecule has 1 saturated carbocycles. The Hall–Kier alpha value is -3.36. The van der Waals surface area contributed by atoms with Crippen molar-refractivity contribution in [3.05, 3.63) is 70.2 Å². The normalized spacial score (nSPS) is 25.6. The summed E-state index contributed by atoms with van der Waals surface area (Å²) in [6.07, 6.45) is -3.75. The second kappa shape index (κ2) is 14.8. The molecule has 0 spiro atoms. The Kier molecular flexibility index (Phi) is 10.9. The fourth-order valence-corrected chi connectivity index (χ4v) is 8.65. The molecule has 2 fully saturated rings. The number of likely N-dealkylation sites (N-methyl/N-ethyl adjacent to an activating group) is 1. The molecule has 0 amide bonds. The largest absolute Gasteiger partial charge is 0.488 e. The maximum atomic E-state index is 17.4. The Morgan fingerprint density at radius 3 is 2.17 bits per heavy atom. The number of ether oxygens (including phenoxy) is 1. The maximum absolute atomic E-state index is 17.4. The van der Waals surface area contributed by atoms with Crippen LogP contribution in [0.2, 0.25) is 0 Å². The second-order valence-electron chi connectivity index (χ2n) is 15.6. The van der Waals surface area contributed by atoms with Gasteiger partial charge in [-0.15, -0.1) is 0 Å².